The van der Waals surface area contributed by atoms with Crippen LogP contribution in [0.1, 0.15) is 12.0 Å². The van der Waals surface area contributed by atoms with Gasteiger partial charge in [0, 0.05) is 11.4 Å². The fraction of sp³-hybridized carbons (Fsp3) is 0.417. The topological polar surface area (TPSA) is 38.3 Å². The van der Waals surface area contributed by atoms with Gasteiger partial charge in [0.15, 0.2) is 0 Å². The summed E-state index contributed by atoms with van der Waals surface area (Å²) in [4.78, 5) is 11.7. The predicted octanol–water partition coefficient (Wildman–Crippen LogP) is 1.79. The van der Waals surface area contributed by atoms with Gasteiger partial charge in [-0.25, -0.2) is 0 Å². The summed E-state index contributed by atoms with van der Waals surface area (Å²) in [7, 11) is 1.42. The molecule has 1 N–H and O–H groups in total. The quantitative estimate of drug-likeness (QED) is 0.818. The summed E-state index contributed by atoms with van der Waals surface area (Å²) in [6.45, 7) is 0.864. The van der Waals surface area contributed by atoms with Crippen molar-refractivity contribution in [1.29, 1.82) is 0 Å². The van der Waals surface area contributed by atoms with Gasteiger partial charge in [-0.2, -0.15) is 0 Å². The zero-order valence-corrected chi connectivity index (χ0v) is 9.88. The third kappa shape index (κ3) is 2.06. The largest absolute Gasteiger partial charge is 0.468 e. The monoisotopic (exact) mass is 239 g/mol. The minimum absolute atomic E-state index is 0.186. The fourth-order valence-corrected chi connectivity index (χ4v) is 2.10. The summed E-state index contributed by atoms with van der Waals surface area (Å²) in [5.41, 5.74) is 0.560. The van der Waals surface area contributed by atoms with Gasteiger partial charge < -0.3 is 10.1 Å². The van der Waals surface area contributed by atoms with Crippen LogP contribution in [0.25, 0.3) is 0 Å². The zero-order valence-electron chi connectivity index (χ0n) is 9.13. The van der Waals surface area contributed by atoms with Crippen molar-refractivity contribution in [1.82, 2.24) is 5.32 Å². The Hall–Kier alpha value is -1.06. The number of hydrogen-bond donors (Lipinski definition) is 1. The van der Waals surface area contributed by atoms with Crippen LogP contribution < -0.4 is 5.32 Å². The first-order valence-corrected chi connectivity index (χ1v) is 5.62. The van der Waals surface area contributed by atoms with E-state index in [1.807, 2.05) is 24.3 Å². The molecule has 1 heterocycles. The smallest absolute Gasteiger partial charge is 0.326 e. The van der Waals surface area contributed by atoms with Gasteiger partial charge in [-0.3, -0.25) is 4.79 Å². The Balaban J connectivity index is 2.13. The second kappa shape index (κ2) is 4.44. The SMILES string of the molecule is COC(=O)C1(Cc2ccc(Cl)cc2)CCN1. The lowest BCUT2D eigenvalue weighted by Crippen LogP contribution is -2.64. The molecule has 0 bridgehead atoms. The second-order valence-corrected chi connectivity index (χ2v) is 4.49. The first kappa shape index (κ1) is 11.4. The van der Waals surface area contributed by atoms with Crippen LogP contribution in [0.15, 0.2) is 24.3 Å². The average molecular weight is 240 g/mol. The van der Waals surface area contributed by atoms with E-state index < -0.39 is 5.54 Å². The van der Waals surface area contributed by atoms with Gasteiger partial charge in [0.05, 0.1) is 7.11 Å². The molecule has 0 aromatic heterocycles. The summed E-state index contributed by atoms with van der Waals surface area (Å²) in [5.74, 6) is -0.186. The summed E-state index contributed by atoms with van der Waals surface area (Å²) in [5, 5.41) is 3.87. The molecule has 1 atom stereocenters. The molecule has 1 aromatic carbocycles. The van der Waals surface area contributed by atoms with E-state index in [9.17, 15) is 4.79 Å². The molecule has 3 nitrogen and oxygen atoms in total. The van der Waals surface area contributed by atoms with E-state index in [2.05, 4.69) is 5.32 Å². The number of ether oxygens (including phenoxy) is 1. The molecule has 0 spiro atoms. The van der Waals surface area contributed by atoms with Crippen molar-refractivity contribution in [2.45, 2.75) is 18.4 Å². The molecular formula is C12H14ClNO2. The van der Waals surface area contributed by atoms with Crippen molar-refractivity contribution in [3.63, 3.8) is 0 Å². The van der Waals surface area contributed by atoms with Gasteiger partial charge in [-0.15, -0.1) is 0 Å². The number of nitrogens with one attached hydrogen (secondary N) is 1. The van der Waals surface area contributed by atoms with Gasteiger partial charge in [0.2, 0.25) is 0 Å². The fourth-order valence-electron chi connectivity index (χ4n) is 1.97. The third-order valence-electron chi connectivity index (χ3n) is 3.01. The molecule has 0 amide bonds. The van der Waals surface area contributed by atoms with Crippen molar-refractivity contribution in [3.05, 3.63) is 34.9 Å². The third-order valence-corrected chi connectivity index (χ3v) is 3.26. The van der Waals surface area contributed by atoms with Crippen molar-refractivity contribution < 1.29 is 9.53 Å². The Morgan fingerprint density at radius 2 is 2.12 bits per heavy atom. The predicted molar refractivity (Wildman–Crippen MR) is 62.5 cm³/mol. The van der Waals surface area contributed by atoms with Crippen LogP contribution in [0.5, 0.6) is 0 Å². The van der Waals surface area contributed by atoms with Crippen LogP contribution in [0.2, 0.25) is 5.02 Å². The number of halogens is 1. The van der Waals surface area contributed by atoms with Crippen molar-refractivity contribution in [3.8, 4) is 0 Å². The number of esters is 1. The Labute approximate surface area is 99.7 Å². The number of hydrogen-bond acceptors (Lipinski definition) is 3. The first-order valence-electron chi connectivity index (χ1n) is 5.24. The van der Waals surface area contributed by atoms with Crippen LogP contribution in [0.3, 0.4) is 0 Å². The van der Waals surface area contributed by atoms with Gasteiger partial charge >= 0.3 is 5.97 Å². The minimum Gasteiger partial charge on any atom is -0.468 e. The van der Waals surface area contributed by atoms with Crippen molar-refractivity contribution >= 4 is 17.6 Å². The molecule has 1 aliphatic heterocycles. The highest BCUT2D eigenvalue weighted by atomic mass is 35.5. The molecule has 86 valence electrons. The number of carbonyl (C=O) groups excluding carboxylic acids is 1. The number of rotatable bonds is 3. The summed E-state index contributed by atoms with van der Waals surface area (Å²) in [6.07, 6.45) is 1.47. The first-order chi connectivity index (χ1) is 7.66. The normalized spacial score (nSPS) is 23.6. The molecule has 0 aliphatic carbocycles. The molecule has 1 saturated heterocycles. The van der Waals surface area contributed by atoms with E-state index in [0.29, 0.717) is 11.4 Å². The lowest BCUT2D eigenvalue weighted by molar-refractivity contribution is -0.152. The molecule has 1 unspecified atom stereocenters. The highest BCUT2D eigenvalue weighted by Crippen LogP contribution is 2.26. The highest BCUT2D eigenvalue weighted by molar-refractivity contribution is 6.30. The molecule has 1 fully saturated rings. The van der Waals surface area contributed by atoms with E-state index in [1.54, 1.807) is 0 Å². The molecule has 0 radical (unpaired) electrons. The summed E-state index contributed by atoms with van der Waals surface area (Å²) >= 11 is 5.81. The molecule has 0 saturated carbocycles. The Bertz CT molecular complexity index is 385. The van der Waals surface area contributed by atoms with E-state index in [1.165, 1.54) is 7.11 Å². The average Bonchev–Trinajstić information content (AvgIpc) is 2.25. The lowest BCUT2D eigenvalue weighted by Gasteiger charge is -2.40. The summed E-state index contributed by atoms with van der Waals surface area (Å²) < 4.78 is 4.83. The van der Waals surface area contributed by atoms with Gasteiger partial charge in [0.1, 0.15) is 5.54 Å². The van der Waals surface area contributed by atoms with E-state index in [-0.39, 0.29) is 5.97 Å². The van der Waals surface area contributed by atoms with Gasteiger partial charge in [-0.1, -0.05) is 23.7 Å². The maximum atomic E-state index is 11.7. The molecule has 16 heavy (non-hydrogen) atoms. The highest BCUT2D eigenvalue weighted by Gasteiger charge is 2.44. The van der Waals surface area contributed by atoms with Crippen LogP contribution in [0.4, 0.5) is 0 Å². The van der Waals surface area contributed by atoms with Gasteiger partial charge in [-0.05, 0) is 30.7 Å². The second-order valence-electron chi connectivity index (χ2n) is 4.05. The number of methoxy groups -OCH3 is 1. The van der Waals surface area contributed by atoms with Gasteiger partial charge in [0.25, 0.3) is 0 Å². The lowest BCUT2D eigenvalue weighted by atomic mass is 9.82. The Kier molecular flexibility index (Phi) is 3.17. The molecule has 1 aliphatic rings. The van der Waals surface area contributed by atoms with Crippen LogP contribution in [0, 0.1) is 0 Å². The van der Waals surface area contributed by atoms with E-state index >= 15 is 0 Å². The molecular weight excluding hydrogens is 226 g/mol. The van der Waals surface area contributed by atoms with Crippen molar-refractivity contribution in [2.24, 2.45) is 0 Å². The number of benzene rings is 1. The molecule has 2 rings (SSSR count). The maximum Gasteiger partial charge on any atom is 0.326 e. The molecule has 1 aromatic rings. The Morgan fingerprint density at radius 1 is 1.50 bits per heavy atom. The van der Waals surface area contributed by atoms with Crippen molar-refractivity contribution in [2.75, 3.05) is 13.7 Å². The van der Waals surface area contributed by atoms with E-state index in [0.717, 1.165) is 18.5 Å². The number of carbonyl (C=O) groups is 1. The maximum absolute atomic E-state index is 11.7. The minimum atomic E-state index is -0.525. The summed E-state index contributed by atoms with van der Waals surface area (Å²) in [6, 6.07) is 7.54. The van der Waals surface area contributed by atoms with Crippen LogP contribution in [-0.2, 0) is 16.0 Å². The zero-order chi connectivity index (χ0) is 11.6. The van der Waals surface area contributed by atoms with E-state index in [4.69, 9.17) is 16.3 Å². The Morgan fingerprint density at radius 3 is 2.56 bits per heavy atom. The van der Waals surface area contributed by atoms with Crippen LogP contribution in [-0.4, -0.2) is 25.2 Å². The molecule has 4 heteroatoms. The van der Waals surface area contributed by atoms with Crippen LogP contribution >= 0.6 is 11.6 Å². The standard InChI is InChI=1S/C12H14ClNO2/c1-16-11(15)12(6-7-14-12)8-9-2-4-10(13)5-3-9/h2-5,14H,6-8H2,1H3.